The van der Waals surface area contributed by atoms with Gasteiger partial charge in [0.15, 0.2) is 0 Å². The highest BCUT2D eigenvalue weighted by atomic mass is 16.6. The number of nitrogens with one attached hydrogen (secondary N) is 1. The predicted octanol–water partition coefficient (Wildman–Crippen LogP) is 2.90. The standard InChI is InChI=1S/C15H15N5O3/c1-2-23-15-17-10-19(13-6-4-3-5-12(13)18-15)11-7-8-16-14(9-11)20(21)22/h3-9H,2,10H2,1H3,(H,17,18). The summed E-state index contributed by atoms with van der Waals surface area (Å²) < 4.78 is 5.46. The molecule has 1 N–H and O–H groups in total. The molecule has 8 nitrogen and oxygen atoms in total. The van der Waals surface area contributed by atoms with Crippen molar-refractivity contribution in [1.29, 1.82) is 0 Å². The summed E-state index contributed by atoms with van der Waals surface area (Å²) in [5, 5.41) is 14.1. The second-order valence-electron chi connectivity index (χ2n) is 4.74. The fraction of sp³-hybridized carbons (Fsp3) is 0.200. The molecule has 2 aromatic rings. The lowest BCUT2D eigenvalue weighted by atomic mass is 10.2. The zero-order chi connectivity index (χ0) is 16.2. The van der Waals surface area contributed by atoms with Crippen LogP contribution in [0.1, 0.15) is 6.92 Å². The number of hydrogen-bond acceptors (Lipinski definition) is 7. The van der Waals surface area contributed by atoms with Gasteiger partial charge in [-0.15, -0.1) is 0 Å². The van der Waals surface area contributed by atoms with Gasteiger partial charge in [-0.3, -0.25) is 0 Å². The summed E-state index contributed by atoms with van der Waals surface area (Å²) >= 11 is 0. The van der Waals surface area contributed by atoms with E-state index in [4.69, 9.17) is 4.74 Å². The van der Waals surface area contributed by atoms with Crippen molar-refractivity contribution in [3.63, 3.8) is 0 Å². The molecule has 0 bridgehead atoms. The quantitative estimate of drug-likeness (QED) is 0.692. The molecule has 118 valence electrons. The minimum atomic E-state index is -0.514. The third kappa shape index (κ3) is 3.05. The average Bonchev–Trinajstić information content (AvgIpc) is 2.74. The normalized spacial score (nSPS) is 13.4. The van der Waals surface area contributed by atoms with Crippen LogP contribution in [0, 0.1) is 10.1 Å². The molecule has 0 saturated carbocycles. The lowest BCUT2D eigenvalue weighted by molar-refractivity contribution is -0.389. The second kappa shape index (κ2) is 6.30. The zero-order valence-corrected chi connectivity index (χ0v) is 12.5. The number of pyridine rings is 1. The number of nitro groups is 1. The van der Waals surface area contributed by atoms with Gasteiger partial charge in [-0.05, 0) is 29.0 Å². The van der Waals surface area contributed by atoms with E-state index >= 15 is 0 Å². The Morgan fingerprint density at radius 3 is 3.00 bits per heavy atom. The molecule has 8 heteroatoms. The molecule has 0 radical (unpaired) electrons. The molecule has 1 aliphatic heterocycles. The van der Waals surface area contributed by atoms with Crippen molar-refractivity contribution in [2.24, 2.45) is 4.99 Å². The SMILES string of the molecule is CCOC1=NCN(c2ccnc([N+](=O)[O-])c2)c2ccccc2N1. The van der Waals surface area contributed by atoms with Crippen LogP contribution in [0.25, 0.3) is 0 Å². The zero-order valence-electron chi connectivity index (χ0n) is 12.5. The number of aromatic nitrogens is 1. The largest absolute Gasteiger partial charge is 0.465 e. The third-order valence-electron chi connectivity index (χ3n) is 3.30. The number of ether oxygens (including phenoxy) is 1. The van der Waals surface area contributed by atoms with E-state index in [0.29, 0.717) is 18.3 Å². The summed E-state index contributed by atoms with van der Waals surface area (Å²) in [7, 11) is 0. The van der Waals surface area contributed by atoms with E-state index in [-0.39, 0.29) is 12.5 Å². The van der Waals surface area contributed by atoms with Crippen LogP contribution in [-0.2, 0) is 4.74 Å². The summed E-state index contributed by atoms with van der Waals surface area (Å²) in [4.78, 5) is 20.4. The number of rotatable bonds is 3. The van der Waals surface area contributed by atoms with Crippen LogP contribution in [0.2, 0.25) is 0 Å². The number of para-hydroxylation sites is 2. The maximum atomic E-state index is 11.0. The molecular formula is C15H15N5O3. The van der Waals surface area contributed by atoms with E-state index in [0.717, 1.165) is 11.4 Å². The van der Waals surface area contributed by atoms with E-state index in [1.54, 1.807) is 6.07 Å². The summed E-state index contributed by atoms with van der Waals surface area (Å²) in [6.45, 7) is 2.65. The van der Waals surface area contributed by atoms with Crippen LogP contribution in [0.15, 0.2) is 47.6 Å². The molecule has 0 aliphatic carbocycles. The second-order valence-corrected chi connectivity index (χ2v) is 4.74. The molecule has 0 spiro atoms. The summed E-state index contributed by atoms with van der Waals surface area (Å²) in [6.07, 6.45) is 1.42. The Bertz CT molecular complexity index is 762. The lowest BCUT2D eigenvalue weighted by Crippen LogP contribution is -2.17. The highest BCUT2D eigenvalue weighted by Crippen LogP contribution is 2.34. The van der Waals surface area contributed by atoms with E-state index < -0.39 is 4.92 Å². The molecule has 0 saturated heterocycles. The monoisotopic (exact) mass is 313 g/mol. The van der Waals surface area contributed by atoms with Crippen molar-refractivity contribution in [2.75, 3.05) is 23.5 Å². The van der Waals surface area contributed by atoms with E-state index in [1.807, 2.05) is 36.1 Å². The van der Waals surface area contributed by atoms with Crippen LogP contribution in [0.3, 0.4) is 0 Å². The first-order chi connectivity index (χ1) is 11.2. The maximum Gasteiger partial charge on any atom is 0.365 e. The van der Waals surface area contributed by atoms with Crippen LogP contribution < -0.4 is 10.2 Å². The van der Waals surface area contributed by atoms with Gasteiger partial charge in [0, 0.05) is 6.07 Å². The molecule has 0 unspecified atom stereocenters. The van der Waals surface area contributed by atoms with Gasteiger partial charge in [-0.1, -0.05) is 12.1 Å². The average molecular weight is 313 g/mol. The topological polar surface area (TPSA) is 92.9 Å². The van der Waals surface area contributed by atoms with Gasteiger partial charge in [0.1, 0.15) is 12.9 Å². The van der Waals surface area contributed by atoms with Gasteiger partial charge in [0.25, 0.3) is 6.02 Å². The molecular weight excluding hydrogens is 298 g/mol. The fourth-order valence-electron chi connectivity index (χ4n) is 2.30. The van der Waals surface area contributed by atoms with Crippen LogP contribution in [0.4, 0.5) is 22.9 Å². The van der Waals surface area contributed by atoms with Crippen LogP contribution >= 0.6 is 0 Å². The Morgan fingerprint density at radius 1 is 1.39 bits per heavy atom. The van der Waals surface area contributed by atoms with E-state index in [9.17, 15) is 10.1 Å². The minimum Gasteiger partial charge on any atom is -0.465 e. The number of aliphatic imine (C=N–C) groups is 1. The summed E-state index contributed by atoms with van der Waals surface area (Å²) in [5.41, 5.74) is 2.31. The maximum absolute atomic E-state index is 11.0. The number of amidine groups is 1. The molecule has 0 amide bonds. The van der Waals surface area contributed by atoms with Gasteiger partial charge in [-0.2, -0.15) is 0 Å². The Labute approximate surface area is 132 Å². The van der Waals surface area contributed by atoms with Crippen molar-refractivity contribution in [3.05, 3.63) is 52.7 Å². The first-order valence-corrected chi connectivity index (χ1v) is 7.10. The molecule has 1 aliphatic rings. The summed E-state index contributed by atoms with van der Waals surface area (Å²) in [6, 6.07) is 11.2. The Hall–Kier alpha value is -3.16. The molecule has 23 heavy (non-hydrogen) atoms. The predicted molar refractivity (Wildman–Crippen MR) is 87.0 cm³/mol. The molecule has 3 rings (SSSR count). The van der Waals surface area contributed by atoms with Gasteiger partial charge >= 0.3 is 5.82 Å². The molecule has 2 heterocycles. The highest BCUT2D eigenvalue weighted by molar-refractivity contribution is 5.95. The highest BCUT2D eigenvalue weighted by Gasteiger charge is 2.20. The van der Waals surface area contributed by atoms with Crippen molar-refractivity contribution >= 4 is 28.9 Å². The van der Waals surface area contributed by atoms with Crippen molar-refractivity contribution in [2.45, 2.75) is 6.92 Å². The number of hydrogen-bond donors (Lipinski definition) is 1. The van der Waals surface area contributed by atoms with Gasteiger partial charge < -0.3 is 25.1 Å². The summed E-state index contributed by atoms with van der Waals surface area (Å²) in [5.74, 6) is -0.203. The van der Waals surface area contributed by atoms with Crippen molar-refractivity contribution in [3.8, 4) is 0 Å². The van der Waals surface area contributed by atoms with Gasteiger partial charge in [0.05, 0.1) is 29.7 Å². The third-order valence-corrected chi connectivity index (χ3v) is 3.30. The number of nitrogens with zero attached hydrogens (tertiary/aromatic N) is 4. The van der Waals surface area contributed by atoms with Gasteiger partial charge in [-0.25, -0.2) is 4.99 Å². The minimum absolute atomic E-state index is 0.203. The Kier molecular flexibility index (Phi) is 4.05. The number of fused-ring (bicyclic) bond motifs is 1. The van der Waals surface area contributed by atoms with Crippen LogP contribution in [-0.4, -0.2) is 29.2 Å². The van der Waals surface area contributed by atoms with E-state index in [1.165, 1.54) is 12.3 Å². The Morgan fingerprint density at radius 2 is 2.22 bits per heavy atom. The number of benzene rings is 1. The fourth-order valence-corrected chi connectivity index (χ4v) is 2.30. The van der Waals surface area contributed by atoms with Crippen molar-refractivity contribution < 1.29 is 9.66 Å². The van der Waals surface area contributed by atoms with Gasteiger partial charge in [0.2, 0.25) is 0 Å². The molecule has 1 aromatic carbocycles. The lowest BCUT2D eigenvalue weighted by Gasteiger charge is -2.22. The smallest absolute Gasteiger partial charge is 0.365 e. The van der Waals surface area contributed by atoms with Crippen LogP contribution in [0.5, 0.6) is 0 Å². The molecule has 1 aromatic heterocycles. The van der Waals surface area contributed by atoms with E-state index in [2.05, 4.69) is 15.3 Å². The molecule has 0 fully saturated rings. The Balaban J connectivity index is 2.04. The molecule has 0 atom stereocenters. The number of anilines is 3. The first-order valence-electron chi connectivity index (χ1n) is 7.10. The van der Waals surface area contributed by atoms with Crippen molar-refractivity contribution in [1.82, 2.24) is 4.98 Å². The first kappa shape index (κ1) is 14.8.